The molecule has 5 heterocycles. The Hall–Kier alpha value is -6.30. The quantitative estimate of drug-likeness (QED) is 0.165. The molecule has 0 aliphatic heterocycles. The van der Waals surface area contributed by atoms with Crippen LogP contribution in [-0.4, -0.2) is 19.9 Å². The molecule has 0 amide bonds. The Labute approximate surface area is 528 Å². The smallest absolute Gasteiger partial charge is 0.0167 e. The summed E-state index contributed by atoms with van der Waals surface area (Å²) in [6.07, 6.45) is 7.42. The van der Waals surface area contributed by atoms with Gasteiger partial charge in [0.15, 0.2) is 0 Å². The third-order valence-corrected chi connectivity index (χ3v) is 15.0. The Morgan fingerprint density at radius 2 is 0.950 bits per heavy atom. The molecule has 9 heteroatoms. The second kappa shape index (κ2) is 27.4. The van der Waals surface area contributed by atoms with E-state index in [1.807, 2.05) is 104 Å². The van der Waals surface area contributed by atoms with Gasteiger partial charge in [-0.1, -0.05) is 167 Å². The molecule has 4 radical (unpaired) electrons. The van der Waals surface area contributed by atoms with Gasteiger partial charge in [0.05, 0.1) is 0 Å². The number of thiophene rings is 1. The van der Waals surface area contributed by atoms with Gasteiger partial charge in [-0.15, -0.1) is 124 Å². The molecular formula is C71H54Ir4N4S-4. The van der Waals surface area contributed by atoms with Crippen LogP contribution in [0.3, 0.4) is 0 Å². The van der Waals surface area contributed by atoms with E-state index in [9.17, 15) is 0 Å². The first-order valence-corrected chi connectivity index (χ1v) is 26.4. The van der Waals surface area contributed by atoms with Crippen LogP contribution >= 0.6 is 11.3 Å². The monoisotopic (exact) mass is 1770 g/mol. The molecule has 5 aromatic heterocycles. The zero-order valence-corrected chi connectivity index (χ0v) is 54.9. The van der Waals surface area contributed by atoms with Crippen LogP contribution in [0.5, 0.6) is 0 Å². The summed E-state index contributed by atoms with van der Waals surface area (Å²) in [6, 6.07) is 86.2. The molecule has 0 saturated heterocycles. The van der Waals surface area contributed by atoms with Crippen LogP contribution < -0.4 is 0 Å². The minimum Gasteiger partial charge on any atom is -0.304 e. The summed E-state index contributed by atoms with van der Waals surface area (Å²) in [4.78, 5) is 19.1. The summed E-state index contributed by atoms with van der Waals surface area (Å²) >= 11 is 1.73. The van der Waals surface area contributed by atoms with Gasteiger partial charge in [0.1, 0.15) is 0 Å². The average molecular weight is 1760 g/mol. The molecule has 0 atom stereocenters. The molecule has 0 fully saturated rings. The van der Waals surface area contributed by atoms with Gasteiger partial charge in [0.2, 0.25) is 0 Å². The SMILES string of the molecule is CC(C)(C)c1cc[c-]c(-c2nccc3ccccc23)c1.CC1(C)c2ccccc2-c2c[c-]c(-c3nccc4ccccc34)cc21.[Ir].[Ir].[Ir].[Ir].[c-]1c(-c2ccccn2)sc2ccccc12.[c-]1ccccc1-c1nccc2ccccc12. The van der Waals surface area contributed by atoms with Crippen molar-refractivity contribution in [1.29, 1.82) is 0 Å². The van der Waals surface area contributed by atoms with Crippen molar-refractivity contribution >= 4 is 53.7 Å². The van der Waals surface area contributed by atoms with Gasteiger partial charge >= 0.3 is 0 Å². The fourth-order valence-electron chi connectivity index (χ4n) is 9.92. The van der Waals surface area contributed by atoms with Gasteiger partial charge in [0.25, 0.3) is 0 Å². The minimum absolute atomic E-state index is 0. The first-order chi connectivity index (χ1) is 37.1. The molecule has 8 aromatic carbocycles. The number of fused-ring (bicyclic) bond motifs is 7. The molecule has 404 valence electrons. The fourth-order valence-corrected chi connectivity index (χ4v) is 10.9. The summed E-state index contributed by atoms with van der Waals surface area (Å²) in [7, 11) is 0. The maximum Gasteiger partial charge on any atom is 0.0167 e. The van der Waals surface area contributed by atoms with Crippen molar-refractivity contribution < 1.29 is 80.4 Å². The third-order valence-electron chi connectivity index (χ3n) is 13.9. The number of benzene rings is 8. The second-order valence-corrected chi connectivity index (χ2v) is 21.3. The Kier molecular flexibility index (Phi) is 21.0. The normalized spacial score (nSPS) is 11.5. The van der Waals surface area contributed by atoms with E-state index in [1.165, 1.54) is 70.2 Å². The average Bonchev–Trinajstić information content (AvgIpc) is 4.11. The largest absolute Gasteiger partial charge is 0.304 e. The van der Waals surface area contributed by atoms with E-state index < -0.39 is 0 Å². The van der Waals surface area contributed by atoms with Crippen LogP contribution in [0.15, 0.2) is 237 Å². The molecule has 14 rings (SSSR count). The van der Waals surface area contributed by atoms with E-state index in [2.05, 4.69) is 212 Å². The van der Waals surface area contributed by atoms with Crippen LogP contribution in [-0.2, 0) is 91.3 Å². The maximum atomic E-state index is 4.67. The Morgan fingerprint density at radius 3 is 1.52 bits per heavy atom. The number of hydrogen-bond acceptors (Lipinski definition) is 5. The molecule has 4 nitrogen and oxygen atoms in total. The van der Waals surface area contributed by atoms with Gasteiger partial charge in [-0.25, -0.2) is 11.3 Å². The summed E-state index contributed by atoms with van der Waals surface area (Å²) in [5, 5.41) is 8.34. The maximum absolute atomic E-state index is 4.67. The Bertz CT molecular complexity index is 4110. The number of pyridine rings is 4. The Morgan fingerprint density at radius 1 is 0.425 bits per heavy atom. The van der Waals surface area contributed by atoms with Crippen LogP contribution in [0, 0.1) is 24.3 Å². The predicted octanol–water partition coefficient (Wildman–Crippen LogP) is 18.5. The molecule has 80 heavy (non-hydrogen) atoms. The molecule has 0 N–H and O–H groups in total. The van der Waals surface area contributed by atoms with Crippen molar-refractivity contribution in [2.24, 2.45) is 0 Å². The molecule has 0 bridgehead atoms. The van der Waals surface area contributed by atoms with Crippen molar-refractivity contribution in [3.05, 3.63) is 278 Å². The fraction of sp³-hybridized carbons (Fsp3) is 0.0986. The van der Waals surface area contributed by atoms with Crippen LogP contribution in [0.4, 0.5) is 0 Å². The van der Waals surface area contributed by atoms with E-state index in [0.717, 1.165) is 44.3 Å². The number of hydrogen-bond donors (Lipinski definition) is 0. The molecule has 0 saturated carbocycles. The van der Waals surface area contributed by atoms with Gasteiger partial charge in [-0.3, -0.25) is 0 Å². The third kappa shape index (κ3) is 13.4. The molecule has 0 unspecified atom stereocenters. The summed E-state index contributed by atoms with van der Waals surface area (Å²) in [5.74, 6) is 0. The molecular weight excluding hydrogens is 1710 g/mol. The molecule has 1 aliphatic rings. The van der Waals surface area contributed by atoms with Crippen molar-refractivity contribution in [3.8, 4) is 55.5 Å². The van der Waals surface area contributed by atoms with Crippen LogP contribution in [0.1, 0.15) is 51.3 Å². The topological polar surface area (TPSA) is 51.6 Å². The van der Waals surface area contributed by atoms with Crippen molar-refractivity contribution in [2.45, 2.75) is 45.4 Å². The molecule has 13 aromatic rings. The standard InChI is InChI=1S/C24H18N.C19H18N.C15H10N.C13H8NS.4Ir/c1-24(2)21-10-6-5-9-19(21)20-12-11-17(15-22(20)24)23-18-8-4-3-7-16(18)13-14-25-23;1-19(2,3)16-9-6-8-15(13-16)18-17-10-5-4-7-14(17)11-12-20-18;1-2-7-13(8-3-1)15-14-9-5-4-6-12(14)10-11-16-15;1-2-7-12-10(5-1)9-13(15-12)11-6-3-4-8-14-11;;;;/h3-10,12-15H,1-2H3;4-7,9-13H,1-3H3;1-7,9-11H;1-8H;;;;/q4*-1;;;;. The number of rotatable bonds is 4. The van der Waals surface area contributed by atoms with Gasteiger partial charge in [-0.2, -0.15) is 0 Å². The van der Waals surface area contributed by atoms with Crippen LogP contribution in [0.25, 0.3) is 97.9 Å². The first kappa shape index (κ1) is 61.3. The number of nitrogens with zero attached hydrogens (tertiary/aromatic N) is 4. The zero-order valence-electron chi connectivity index (χ0n) is 44.5. The van der Waals surface area contributed by atoms with Gasteiger partial charge in [-0.05, 0) is 99.6 Å². The second-order valence-electron chi connectivity index (χ2n) is 20.3. The van der Waals surface area contributed by atoms with E-state index in [1.54, 1.807) is 11.3 Å². The molecule has 0 spiro atoms. The first-order valence-electron chi connectivity index (χ1n) is 25.6. The van der Waals surface area contributed by atoms with Crippen LogP contribution in [0.2, 0.25) is 0 Å². The van der Waals surface area contributed by atoms with Crippen molar-refractivity contribution in [3.63, 3.8) is 0 Å². The van der Waals surface area contributed by atoms with Gasteiger partial charge in [0, 0.05) is 111 Å². The van der Waals surface area contributed by atoms with E-state index in [0.29, 0.717) is 0 Å². The molecule has 1 aliphatic carbocycles. The summed E-state index contributed by atoms with van der Waals surface area (Å²) in [6.45, 7) is 11.3. The number of aromatic nitrogens is 4. The zero-order chi connectivity index (χ0) is 52.1. The Balaban J connectivity index is 0.000000154. The van der Waals surface area contributed by atoms with Crippen molar-refractivity contribution in [1.82, 2.24) is 19.9 Å². The van der Waals surface area contributed by atoms with E-state index in [4.69, 9.17) is 0 Å². The van der Waals surface area contributed by atoms with E-state index in [-0.39, 0.29) is 91.3 Å². The predicted molar refractivity (Wildman–Crippen MR) is 318 cm³/mol. The van der Waals surface area contributed by atoms with Crippen molar-refractivity contribution in [2.75, 3.05) is 0 Å². The van der Waals surface area contributed by atoms with E-state index >= 15 is 0 Å². The summed E-state index contributed by atoms with van der Waals surface area (Å²) in [5.41, 5.74) is 14.0. The van der Waals surface area contributed by atoms with Gasteiger partial charge < -0.3 is 19.9 Å². The minimum atomic E-state index is 0. The summed E-state index contributed by atoms with van der Waals surface area (Å²) < 4.78 is 1.26.